The molecular weight excluding hydrogens is 156 g/mol. The molecule has 2 aliphatic rings. The number of rotatable bonds is 0. The summed E-state index contributed by atoms with van der Waals surface area (Å²) in [6, 6.07) is 0. The summed E-state index contributed by atoms with van der Waals surface area (Å²) in [7, 11) is 0. The van der Waals surface area contributed by atoms with E-state index in [9.17, 15) is 0 Å². The lowest BCUT2D eigenvalue weighted by Gasteiger charge is -2.34. The predicted molar refractivity (Wildman–Crippen MR) is 59.8 cm³/mol. The Bertz CT molecular complexity index is 180. The molecule has 1 saturated carbocycles. The zero-order chi connectivity index (χ0) is 9.57. The first-order chi connectivity index (χ1) is 6.41. The Kier molecular flexibility index (Phi) is 4.27. The summed E-state index contributed by atoms with van der Waals surface area (Å²) in [5.74, 6) is 0. The van der Waals surface area contributed by atoms with Gasteiger partial charge >= 0.3 is 0 Å². The van der Waals surface area contributed by atoms with E-state index in [-0.39, 0.29) is 0 Å². The van der Waals surface area contributed by atoms with Crippen LogP contribution in [0.4, 0.5) is 0 Å². The molecule has 0 unspecified atom stereocenters. The van der Waals surface area contributed by atoms with Gasteiger partial charge in [-0.15, -0.1) is 0 Å². The highest BCUT2D eigenvalue weighted by molar-refractivity contribution is 5.16. The molecule has 0 bridgehead atoms. The van der Waals surface area contributed by atoms with Gasteiger partial charge in [-0.25, -0.2) is 0 Å². The number of hydrogen-bond acceptors (Lipinski definition) is 0. The molecule has 0 aromatic carbocycles. The van der Waals surface area contributed by atoms with E-state index in [1.54, 1.807) is 0 Å². The maximum absolute atomic E-state index is 2.44. The van der Waals surface area contributed by atoms with Gasteiger partial charge in [-0.3, -0.25) is 0 Å². The van der Waals surface area contributed by atoms with Crippen molar-refractivity contribution >= 4 is 0 Å². The van der Waals surface area contributed by atoms with Crippen LogP contribution in [0.25, 0.3) is 0 Å². The maximum Gasteiger partial charge on any atom is -0.00805 e. The van der Waals surface area contributed by atoms with Crippen molar-refractivity contribution in [1.82, 2.24) is 0 Å². The molecule has 0 heterocycles. The van der Waals surface area contributed by atoms with Crippen molar-refractivity contribution in [3.63, 3.8) is 0 Å². The van der Waals surface area contributed by atoms with E-state index < -0.39 is 0 Å². The Morgan fingerprint density at radius 3 is 2.15 bits per heavy atom. The molecule has 2 aliphatic carbocycles. The third kappa shape index (κ3) is 2.72. The first-order valence-electron chi connectivity index (χ1n) is 5.76. The Hall–Kier alpha value is -0.520. The molecule has 1 spiro atoms. The minimum Gasteiger partial charge on any atom is -0.0837 e. The fourth-order valence-corrected chi connectivity index (χ4v) is 2.34. The first-order valence-corrected chi connectivity index (χ1v) is 5.76. The zero-order valence-electron chi connectivity index (χ0n) is 9.05. The monoisotopic (exact) mass is 178 g/mol. The van der Waals surface area contributed by atoms with Crippen LogP contribution in [0.5, 0.6) is 0 Å². The molecule has 0 nitrogen and oxygen atoms in total. The summed E-state index contributed by atoms with van der Waals surface area (Å²) in [5, 5.41) is 0. The van der Waals surface area contributed by atoms with Gasteiger partial charge in [0.1, 0.15) is 0 Å². The van der Waals surface area contributed by atoms with E-state index in [4.69, 9.17) is 0 Å². The highest BCUT2D eigenvalue weighted by Crippen LogP contribution is 2.42. The quantitative estimate of drug-likeness (QED) is 0.513. The molecule has 0 saturated heterocycles. The third-order valence-electron chi connectivity index (χ3n) is 3.07. The van der Waals surface area contributed by atoms with Crippen LogP contribution in [-0.2, 0) is 0 Å². The van der Waals surface area contributed by atoms with Crippen LogP contribution < -0.4 is 0 Å². The van der Waals surface area contributed by atoms with Gasteiger partial charge in [-0.05, 0) is 24.7 Å². The SMILES string of the molecule is C1=CCC2(C=C1)CCCCC2.CC. The molecule has 1 fully saturated rings. The van der Waals surface area contributed by atoms with Gasteiger partial charge in [-0.2, -0.15) is 0 Å². The van der Waals surface area contributed by atoms with Gasteiger partial charge in [0, 0.05) is 0 Å². The van der Waals surface area contributed by atoms with Gasteiger partial charge in [0.25, 0.3) is 0 Å². The van der Waals surface area contributed by atoms with E-state index in [2.05, 4.69) is 24.3 Å². The van der Waals surface area contributed by atoms with Crippen molar-refractivity contribution < 1.29 is 0 Å². The summed E-state index contributed by atoms with van der Waals surface area (Å²) in [5.41, 5.74) is 0.590. The summed E-state index contributed by atoms with van der Waals surface area (Å²) in [6.45, 7) is 4.00. The van der Waals surface area contributed by atoms with E-state index in [1.165, 1.54) is 38.5 Å². The van der Waals surface area contributed by atoms with Crippen molar-refractivity contribution in [1.29, 1.82) is 0 Å². The summed E-state index contributed by atoms with van der Waals surface area (Å²) >= 11 is 0. The Balaban J connectivity index is 0.000000396. The maximum atomic E-state index is 2.44. The van der Waals surface area contributed by atoms with Gasteiger partial charge in [-0.1, -0.05) is 57.4 Å². The molecule has 0 radical (unpaired) electrons. The molecule has 74 valence electrons. The van der Waals surface area contributed by atoms with Gasteiger partial charge in [0.15, 0.2) is 0 Å². The lowest BCUT2D eigenvalue weighted by molar-refractivity contribution is 0.258. The fourth-order valence-electron chi connectivity index (χ4n) is 2.34. The zero-order valence-corrected chi connectivity index (χ0v) is 9.05. The highest BCUT2D eigenvalue weighted by atomic mass is 14.3. The second-order valence-electron chi connectivity index (χ2n) is 3.91. The number of hydrogen-bond donors (Lipinski definition) is 0. The third-order valence-corrected chi connectivity index (χ3v) is 3.07. The Labute approximate surface area is 82.7 Å². The lowest BCUT2D eigenvalue weighted by Crippen LogP contribution is -2.21. The van der Waals surface area contributed by atoms with Crippen molar-refractivity contribution in [2.75, 3.05) is 0 Å². The molecule has 0 aliphatic heterocycles. The molecule has 0 amide bonds. The normalized spacial score (nSPS) is 23.8. The van der Waals surface area contributed by atoms with E-state index in [0.717, 1.165) is 0 Å². The van der Waals surface area contributed by atoms with Gasteiger partial charge in [0.05, 0.1) is 0 Å². The van der Waals surface area contributed by atoms with Crippen molar-refractivity contribution in [2.24, 2.45) is 5.41 Å². The van der Waals surface area contributed by atoms with Crippen molar-refractivity contribution in [2.45, 2.75) is 52.4 Å². The summed E-state index contributed by atoms with van der Waals surface area (Å²) < 4.78 is 0. The second-order valence-corrected chi connectivity index (χ2v) is 3.91. The van der Waals surface area contributed by atoms with E-state index in [1.807, 2.05) is 13.8 Å². The van der Waals surface area contributed by atoms with Gasteiger partial charge < -0.3 is 0 Å². The molecule has 0 aromatic heterocycles. The van der Waals surface area contributed by atoms with Crippen LogP contribution in [-0.4, -0.2) is 0 Å². The minimum absolute atomic E-state index is 0.590. The van der Waals surface area contributed by atoms with Crippen LogP contribution in [0, 0.1) is 5.41 Å². The van der Waals surface area contributed by atoms with Gasteiger partial charge in [0.2, 0.25) is 0 Å². The molecule has 13 heavy (non-hydrogen) atoms. The minimum atomic E-state index is 0.590. The smallest absolute Gasteiger partial charge is 0.00805 e. The molecule has 0 aromatic rings. The topological polar surface area (TPSA) is 0 Å². The standard InChI is InChI=1S/C11H16.C2H6/c1-3-7-11(8-4-1)9-5-2-6-10-11;1-2/h1,3-4,7H,2,5-6,8-10H2;1-2H3. The van der Waals surface area contributed by atoms with Crippen LogP contribution in [0.1, 0.15) is 52.4 Å². The predicted octanol–water partition coefficient (Wildman–Crippen LogP) is 4.48. The Morgan fingerprint density at radius 1 is 0.923 bits per heavy atom. The highest BCUT2D eigenvalue weighted by Gasteiger charge is 2.28. The summed E-state index contributed by atoms with van der Waals surface area (Å²) in [4.78, 5) is 0. The molecule has 0 N–H and O–H groups in total. The molecule has 2 rings (SSSR count). The molecule has 0 atom stereocenters. The summed E-state index contributed by atoms with van der Waals surface area (Å²) in [6.07, 6.45) is 17.7. The average Bonchev–Trinajstić information content (AvgIpc) is 2.23. The molecule has 0 heteroatoms. The van der Waals surface area contributed by atoms with E-state index >= 15 is 0 Å². The largest absolute Gasteiger partial charge is 0.0837 e. The average molecular weight is 178 g/mol. The van der Waals surface area contributed by atoms with Crippen LogP contribution >= 0.6 is 0 Å². The van der Waals surface area contributed by atoms with Crippen LogP contribution in [0.3, 0.4) is 0 Å². The van der Waals surface area contributed by atoms with E-state index in [0.29, 0.717) is 5.41 Å². The fraction of sp³-hybridized carbons (Fsp3) is 0.692. The first kappa shape index (κ1) is 10.6. The lowest BCUT2D eigenvalue weighted by atomic mass is 9.70. The molecular formula is C13H22. The second kappa shape index (κ2) is 5.26. The van der Waals surface area contributed by atoms with Crippen LogP contribution in [0.2, 0.25) is 0 Å². The Morgan fingerprint density at radius 2 is 1.62 bits per heavy atom. The van der Waals surface area contributed by atoms with Crippen molar-refractivity contribution in [3.8, 4) is 0 Å². The van der Waals surface area contributed by atoms with Crippen LogP contribution in [0.15, 0.2) is 24.3 Å². The number of allylic oxidation sites excluding steroid dienone is 4. The van der Waals surface area contributed by atoms with Crippen molar-refractivity contribution in [3.05, 3.63) is 24.3 Å².